The standard InChI is InChI=1S/C18H21NO6/c1-18(2)24-16(21)14(17(22)25-18)10-13-9-12(3-4-15(13)20)11-19-5-7-23-8-6-19/h3-4,9-10,20H,5-8,11H2,1-2H3. The van der Waals surface area contributed by atoms with Crippen LogP contribution in [-0.2, 0) is 30.3 Å². The summed E-state index contributed by atoms with van der Waals surface area (Å²) in [6.07, 6.45) is 1.30. The van der Waals surface area contributed by atoms with Crippen LogP contribution in [0.15, 0.2) is 23.8 Å². The summed E-state index contributed by atoms with van der Waals surface area (Å²) in [7, 11) is 0. The lowest BCUT2D eigenvalue weighted by molar-refractivity contribution is -0.222. The molecule has 0 bridgehead atoms. The van der Waals surface area contributed by atoms with E-state index in [9.17, 15) is 14.7 Å². The number of cyclic esters (lactones) is 2. The number of carbonyl (C=O) groups is 2. The Morgan fingerprint density at radius 2 is 1.80 bits per heavy atom. The summed E-state index contributed by atoms with van der Waals surface area (Å²) in [6.45, 7) is 6.74. The lowest BCUT2D eigenvalue weighted by Crippen LogP contribution is -2.41. The van der Waals surface area contributed by atoms with E-state index >= 15 is 0 Å². The van der Waals surface area contributed by atoms with E-state index in [2.05, 4.69) is 4.90 Å². The van der Waals surface area contributed by atoms with Gasteiger partial charge < -0.3 is 19.3 Å². The normalized spacial score (nSPS) is 20.8. The molecule has 0 radical (unpaired) electrons. The first-order valence-corrected chi connectivity index (χ1v) is 8.14. The molecule has 3 rings (SSSR count). The van der Waals surface area contributed by atoms with Crippen LogP contribution in [0.5, 0.6) is 5.75 Å². The van der Waals surface area contributed by atoms with Gasteiger partial charge in [-0.05, 0) is 23.8 Å². The average molecular weight is 347 g/mol. The number of esters is 2. The van der Waals surface area contributed by atoms with Crippen LogP contribution < -0.4 is 0 Å². The summed E-state index contributed by atoms with van der Waals surface area (Å²) in [6, 6.07) is 5.11. The zero-order valence-corrected chi connectivity index (χ0v) is 14.3. The summed E-state index contributed by atoms with van der Waals surface area (Å²) in [5.74, 6) is -2.84. The Morgan fingerprint density at radius 3 is 2.44 bits per heavy atom. The van der Waals surface area contributed by atoms with Crippen molar-refractivity contribution < 1.29 is 28.9 Å². The number of phenolic OH excluding ortho intramolecular Hbond substituents is 1. The topological polar surface area (TPSA) is 85.3 Å². The van der Waals surface area contributed by atoms with Crippen LogP contribution in [0.3, 0.4) is 0 Å². The number of nitrogens with zero attached hydrogens (tertiary/aromatic N) is 1. The molecule has 1 aromatic carbocycles. The van der Waals surface area contributed by atoms with Crippen LogP contribution in [0, 0.1) is 0 Å². The van der Waals surface area contributed by atoms with E-state index in [0.29, 0.717) is 25.3 Å². The van der Waals surface area contributed by atoms with E-state index in [0.717, 1.165) is 18.7 Å². The molecule has 0 aliphatic carbocycles. The molecule has 25 heavy (non-hydrogen) atoms. The minimum absolute atomic E-state index is 0.0244. The maximum atomic E-state index is 12.0. The Hall–Kier alpha value is -2.38. The number of ether oxygens (including phenoxy) is 3. The highest BCUT2D eigenvalue weighted by Gasteiger charge is 2.39. The van der Waals surface area contributed by atoms with Crippen LogP contribution in [-0.4, -0.2) is 54.0 Å². The summed E-state index contributed by atoms with van der Waals surface area (Å²) >= 11 is 0. The van der Waals surface area contributed by atoms with Gasteiger partial charge in [0.1, 0.15) is 11.3 Å². The molecule has 0 atom stereocenters. The van der Waals surface area contributed by atoms with Crippen molar-refractivity contribution in [2.75, 3.05) is 26.3 Å². The van der Waals surface area contributed by atoms with Gasteiger partial charge in [-0.3, -0.25) is 4.90 Å². The molecular formula is C18H21NO6. The second-order valence-corrected chi connectivity index (χ2v) is 6.52. The minimum atomic E-state index is -1.29. The Morgan fingerprint density at radius 1 is 1.16 bits per heavy atom. The fourth-order valence-electron chi connectivity index (χ4n) is 2.77. The van der Waals surface area contributed by atoms with E-state index in [1.807, 2.05) is 6.07 Å². The Kier molecular flexibility index (Phi) is 4.78. The van der Waals surface area contributed by atoms with Gasteiger partial charge in [0.05, 0.1) is 13.2 Å². The van der Waals surface area contributed by atoms with Crippen molar-refractivity contribution in [3.63, 3.8) is 0 Å². The van der Waals surface area contributed by atoms with Gasteiger partial charge in [0, 0.05) is 39.0 Å². The third kappa shape index (κ3) is 4.18. The number of aromatic hydroxyl groups is 1. The van der Waals surface area contributed by atoms with Crippen LogP contribution in [0.4, 0.5) is 0 Å². The molecular weight excluding hydrogens is 326 g/mol. The lowest BCUT2D eigenvalue weighted by atomic mass is 10.1. The summed E-state index contributed by atoms with van der Waals surface area (Å²) in [5, 5.41) is 10.1. The molecule has 7 nitrogen and oxygen atoms in total. The quantitative estimate of drug-likeness (QED) is 0.503. The van der Waals surface area contributed by atoms with E-state index < -0.39 is 17.7 Å². The van der Waals surface area contributed by atoms with Crippen molar-refractivity contribution in [3.05, 3.63) is 34.9 Å². The Balaban J connectivity index is 1.83. The molecule has 0 unspecified atom stereocenters. The van der Waals surface area contributed by atoms with Crippen molar-refractivity contribution in [2.45, 2.75) is 26.2 Å². The lowest BCUT2D eigenvalue weighted by Gasteiger charge is -2.29. The molecule has 2 aliphatic heterocycles. The number of hydrogen-bond donors (Lipinski definition) is 1. The predicted molar refractivity (Wildman–Crippen MR) is 88.4 cm³/mol. The number of benzene rings is 1. The second kappa shape index (κ2) is 6.85. The number of phenols is 1. The van der Waals surface area contributed by atoms with Crippen LogP contribution in [0.2, 0.25) is 0 Å². The molecule has 2 heterocycles. The van der Waals surface area contributed by atoms with Gasteiger partial charge in [-0.15, -0.1) is 0 Å². The molecule has 2 fully saturated rings. The highest BCUT2D eigenvalue weighted by Crippen LogP contribution is 2.27. The molecule has 0 spiro atoms. The molecule has 0 amide bonds. The monoisotopic (exact) mass is 347 g/mol. The Bertz CT molecular complexity index is 696. The van der Waals surface area contributed by atoms with Crippen molar-refractivity contribution in [2.24, 2.45) is 0 Å². The number of rotatable bonds is 3. The third-order valence-corrected chi connectivity index (χ3v) is 4.02. The van der Waals surface area contributed by atoms with Gasteiger partial charge in [0.15, 0.2) is 0 Å². The maximum Gasteiger partial charge on any atom is 0.348 e. The van der Waals surface area contributed by atoms with E-state index in [1.54, 1.807) is 12.1 Å². The Labute approximate surface area is 145 Å². The van der Waals surface area contributed by atoms with Crippen molar-refractivity contribution >= 4 is 18.0 Å². The van der Waals surface area contributed by atoms with Gasteiger partial charge in [-0.1, -0.05) is 6.07 Å². The predicted octanol–water partition coefficient (Wildman–Crippen LogP) is 1.44. The highest BCUT2D eigenvalue weighted by molar-refractivity contribution is 6.19. The fourth-order valence-corrected chi connectivity index (χ4v) is 2.77. The molecule has 2 saturated heterocycles. The number of carbonyl (C=O) groups excluding carboxylic acids is 2. The summed E-state index contributed by atoms with van der Waals surface area (Å²) < 4.78 is 15.5. The molecule has 7 heteroatoms. The van der Waals surface area contributed by atoms with Gasteiger partial charge in [0.2, 0.25) is 0 Å². The van der Waals surface area contributed by atoms with Crippen LogP contribution in [0.25, 0.3) is 6.08 Å². The van der Waals surface area contributed by atoms with E-state index in [-0.39, 0.29) is 11.3 Å². The molecule has 1 N–H and O–H groups in total. The fraction of sp³-hybridized carbons (Fsp3) is 0.444. The van der Waals surface area contributed by atoms with Gasteiger partial charge in [0.25, 0.3) is 5.79 Å². The highest BCUT2D eigenvalue weighted by atomic mass is 16.7. The maximum absolute atomic E-state index is 12.0. The van der Waals surface area contributed by atoms with E-state index in [1.165, 1.54) is 19.9 Å². The number of hydrogen-bond acceptors (Lipinski definition) is 7. The average Bonchev–Trinajstić information content (AvgIpc) is 2.54. The summed E-state index contributed by atoms with van der Waals surface area (Å²) in [5.41, 5.74) is 1.09. The first-order valence-electron chi connectivity index (χ1n) is 8.14. The zero-order valence-electron chi connectivity index (χ0n) is 14.3. The van der Waals surface area contributed by atoms with Crippen molar-refractivity contribution in [1.82, 2.24) is 4.90 Å². The molecule has 1 aromatic rings. The smallest absolute Gasteiger partial charge is 0.348 e. The largest absolute Gasteiger partial charge is 0.507 e. The third-order valence-electron chi connectivity index (χ3n) is 4.02. The molecule has 0 saturated carbocycles. The minimum Gasteiger partial charge on any atom is -0.507 e. The van der Waals surface area contributed by atoms with Gasteiger partial charge >= 0.3 is 11.9 Å². The van der Waals surface area contributed by atoms with Gasteiger partial charge in [-0.2, -0.15) is 0 Å². The second-order valence-electron chi connectivity index (χ2n) is 6.52. The first kappa shape index (κ1) is 17.4. The van der Waals surface area contributed by atoms with Crippen LogP contribution in [0.1, 0.15) is 25.0 Å². The van der Waals surface area contributed by atoms with Crippen molar-refractivity contribution in [1.29, 1.82) is 0 Å². The summed E-state index contributed by atoms with van der Waals surface area (Å²) in [4.78, 5) is 26.3. The SMILES string of the molecule is CC1(C)OC(=O)C(=Cc2cc(CN3CCOCC3)ccc2O)C(=O)O1. The van der Waals surface area contributed by atoms with Gasteiger partial charge in [-0.25, -0.2) is 9.59 Å². The van der Waals surface area contributed by atoms with E-state index in [4.69, 9.17) is 14.2 Å². The molecule has 2 aliphatic rings. The number of morpholine rings is 1. The zero-order chi connectivity index (χ0) is 18.0. The van der Waals surface area contributed by atoms with Crippen LogP contribution >= 0.6 is 0 Å². The molecule has 134 valence electrons. The first-order chi connectivity index (χ1) is 11.8. The van der Waals surface area contributed by atoms with Crippen molar-refractivity contribution in [3.8, 4) is 5.75 Å². The molecule has 0 aromatic heterocycles.